The minimum Gasteiger partial charge on any atom is -0.494 e. The van der Waals surface area contributed by atoms with Gasteiger partial charge in [0.05, 0.1) is 6.61 Å². The molecule has 1 unspecified atom stereocenters. The summed E-state index contributed by atoms with van der Waals surface area (Å²) >= 11 is 6.13. The van der Waals surface area contributed by atoms with Crippen LogP contribution in [0.25, 0.3) is 0 Å². The Hall–Kier alpha value is -0.730. The molecule has 1 aromatic carbocycles. The van der Waals surface area contributed by atoms with Crippen LogP contribution in [0.3, 0.4) is 0 Å². The second-order valence-corrected chi connectivity index (χ2v) is 5.04. The molecule has 2 nitrogen and oxygen atoms in total. The number of rotatable bonds is 8. The van der Waals surface area contributed by atoms with Gasteiger partial charge in [0.25, 0.3) is 0 Å². The van der Waals surface area contributed by atoms with Gasteiger partial charge in [0.1, 0.15) is 5.75 Å². The smallest absolute Gasteiger partial charge is 0.119 e. The van der Waals surface area contributed by atoms with E-state index in [1.165, 1.54) is 0 Å². The number of nitrogens with one attached hydrogen (secondary N) is 1. The summed E-state index contributed by atoms with van der Waals surface area (Å²) in [4.78, 5) is 0. The summed E-state index contributed by atoms with van der Waals surface area (Å²) in [6.07, 6.45) is 0.997. The van der Waals surface area contributed by atoms with E-state index in [1.54, 1.807) is 0 Å². The minimum absolute atomic E-state index is 0.213. The molecule has 0 aliphatic carbocycles. The molecule has 1 N–H and O–H groups in total. The van der Waals surface area contributed by atoms with Gasteiger partial charge in [0.15, 0.2) is 0 Å². The first-order chi connectivity index (χ1) is 8.20. The van der Waals surface area contributed by atoms with Gasteiger partial charge in [-0.1, -0.05) is 32.0 Å². The highest BCUT2D eigenvalue weighted by molar-refractivity contribution is 6.20. The molecule has 0 saturated heterocycles. The monoisotopic (exact) mass is 255 g/mol. The number of alkyl halides is 1. The van der Waals surface area contributed by atoms with Crippen LogP contribution in [0.4, 0.5) is 0 Å². The van der Waals surface area contributed by atoms with Gasteiger partial charge >= 0.3 is 0 Å². The Balaban J connectivity index is 1.98. The molecule has 0 saturated carbocycles. The zero-order chi connectivity index (χ0) is 12.5. The molecule has 1 atom stereocenters. The third-order valence-electron chi connectivity index (χ3n) is 2.57. The normalized spacial score (nSPS) is 12.7. The summed E-state index contributed by atoms with van der Waals surface area (Å²) in [6, 6.07) is 9.89. The van der Waals surface area contributed by atoms with Crippen molar-refractivity contribution in [3.05, 3.63) is 30.3 Å². The molecule has 0 fully saturated rings. The van der Waals surface area contributed by atoms with E-state index in [9.17, 15) is 0 Å². The minimum atomic E-state index is 0.213. The maximum atomic E-state index is 6.13. The van der Waals surface area contributed by atoms with Gasteiger partial charge in [-0.25, -0.2) is 0 Å². The zero-order valence-electron chi connectivity index (χ0n) is 10.7. The molecule has 0 spiro atoms. The Kier molecular flexibility index (Phi) is 7.06. The molecule has 1 aromatic rings. The molecule has 17 heavy (non-hydrogen) atoms. The van der Waals surface area contributed by atoms with Crippen molar-refractivity contribution in [3.63, 3.8) is 0 Å². The predicted octanol–water partition coefficient (Wildman–Crippen LogP) is 3.31. The van der Waals surface area contributed by atoms with Crippen molar-refractivity contribution in [2.75, 3.05) is 19.7 Å². The number of hydrogen-bond acceptors (Lipinski definition) is 2. The Morgan fingerprint density at radius 2 is 1.94 bits per heavy atom. The Morgan fingerprint density at radius 3 is 2.59 bits per heavy atom. The van der Waals surface area contributed by atoms with Crippen molar-refractivity contribution < 1.29 is 4.74 Å². The van der Waals surface area contributed by atoms with Crippen LogP contribution in [-0.2, 0) is 0 Å². The first kappa shape index (κ1) is 14.3. The third-order valence-corrected chi connectivity index (χ3v) is 3.23. The lowest BCUT2D eigenvalue weighted by atomic mass is 10.1. The Morgan fingerprint density at radius 1 is 1.24 bits per heavy atom. The van der Waals surface area contributed by atoms with Gasteiger partial charge in [-0.05, 0) is 31.0 Å². The van der Waals surface area contributed by atoms with E-state index in [2.05, 4.69) is 19.2 Å². The molecule has 0 aliphatic rings. The van der Waals surface area contributed by atoms with Gasteiger partial charge < -0.3 is 10.1 Å². The number of hydrogen-bond donors (Lipinski definition) is 1. The largest absolute Gasteiger partial charge is 0.494 e. The first-order valence-corrected chi connectivity index (χ1v) is 6.66. The molecular weight excluding hydrogens is 234 g/mol. The standard InChI is InChI=1S/C14H22ClNO/c1-12(2)14(15)11-16-9-6-10-17-13-7-4-3-5-8-13/h3-5,7-8,12,14,16H,6,9-11H2,1-2H3. The highest BCUT2D eigenvalue weighted by Crippen LogP contribution is 2.09. The van der Waals surface area contributed by atoms with Crippen LogP contribution in [0.1, 0.15) is 20.3 Å². The van der Waals surface area contributed by atoms with Gasteiger partial charge in [0, 0.05) is 11.9 Å². The van der Waals surface area contributed by atoms with Gasteiger partial charge in [-0.3, -0.25) is 0 Å². The van der Waals surface area contributed by atoms with E-state index in [-0.39, 0.29) is 5.38 Å². The second kappa shape index (κ2) is 8.37. The highest BCUT2D eigenvalue weighted by Gasteiger charge is 2.07. The lowest BCUT2D eigenvalue weighted by molar-refractivity contribution is 0.307. The number of ether oxygens (including phenoxy) is 1. The summed E-state index contributed by atoms with van der Waals surface area (Å²) in [5, 5.41) is 3.55. The van der Waals surface area contributed by atoms with Crippen LogP contribution in [-0.4, -0.2) is 25.1 Å². The lowest BCUT2D eigenvalue weighted by Gasteiger charge is -2.14. The third kappa shape index (κ3) is 6.54. The first-order valence-electron chi connectivity index (χ1n) is 6.23. The van der Waals surface area contributed by atoms with Gasteiger partial charge in [0.2, 0.25) is 0 Å². The van der Waals surface area contributed by atoms with Crippen LogP contribution in [0.5, 0.6) is 5.75 Å². The fourth-order valence-electron chi connectivity index (χ4n) is 1.38. The zero-order valence-corrected chi connectivity index (χ0v) is 11.4. The number of para-hydroxylation sites is 1. The van der Waals surface area contributed by atoms with Crippen LogP contribution in [0.15, 0.2) is 30.3 Å². The summed E-state index contributed by atoms with van der Waals surface area (Å²) in [5.74, 6) is 1.45. The fraction of sp³-hybridized carbons (Fsp3) is 0.571. The summed E-state index contributed by atoms with van der Waals surface area (Å²) in [5.41, 5.74) is 0. The number of benzene rings is 1. The molecule has 0 aromatic heterocycles. The van der Waals surface area contributed by atoms with Crippen molar-refractivity contribution >= 4 is 11.6 Å². The molecule has 0 amide bonds. The van der Waals surface area contributed by atoms with Crippen molar-refractivity contribution in [2.45, 2.75) is 25.6 Å². The molecule has 96 valence electrons. The number of halogens is 1. The highest BCUT2D eigenvalue weighted by atomic mass is 35.5. The molecular formula is C14H22ClNO. The Labute approximate surface area is 109 Å². The van der Waals surface area contributed by atoms with E-state index < -0.39 is 0 Å². The molecule has 1 rings (SSSR count). The van der Waals surface area contributed by atoms with E-state index >= 15 is 0 Å². The van der Waals surface area contributed by atoms with Crippen molar-refractivity contribution in [1.82, 2.24) is 5.32 Å². The summed E-state index contributed by atoms with van der Waals surface area (Å²) in [7, 11) is 0. The molecule has 0 aliphatic heterocycles. The molecule has 0 radical (unpaired) electrons. The maximum absolute atomic E-state index is 6.13. The summed E-state index contributed by atoms with van der Waals surface area (Å²) < 4.78 is 5.59. The predicted molar refractivity (Wildman–Crippen MR) is 73.9 cm³/mol. The second-order valence-electron chi connectivity index (χ2n) is 4.48. The lowest BCUT2D eigenvalue weighted by Crippen LogP contribution is -2.28. The van der Waals surface area contributed by atoms with Crippen LogP contribution in [0, 0.1) is 5.92 Å². The van der Waals surface area contributed by atoms with Crippen LogP contribution < -0.4 is 10.1 Å². The summed E-state index contributed by atoms with van der Waals surface area (Å²) in [6.45, 7) is 6.83. The maximum Gasteiger partial charge on any atom is 0.119 e. The van der Waals surface area contributed by atoms with E-state index in [4.69, 9.17) is 16.3 Å². The van der Waals surface area contributed by atoms with Crippen molar-refractivity contribution in [1.29, 1.82) is 0 Å². The van der Waals surface area contributed by atoms with E-state index in [0.717, 1.165) is 31.9 Å². The van der Waals surface area contributed by atoms with Crippen molar-refractivity contribution in [2.24, 2.45) is 5.92 Å². The SMILES string of the molecule is CC(C)C(Cl)CNCCCOc1ccccc1. The van der Waals surface area contributed by atoms with Gasteiger partial charge in [-0.15, -0.1) is 11.6 Å². The van der Waals surface area contributed by atoms with Crippen LogP contribution in [0.2, 0.25) is 0 Å². The average Bonchev–Trinajstić information content (AvgIpc) is 2.34. The molecule has 0 bridgehead atoms. The molecule has 0 heterocycles. The fourth-order valence-corrected chi connectivity index (χ4v) is 1.49. The van der Waals surface area contributed by atoms with E-state index in [0.29, 0.717) is 5.92 Å². The topological polar surface area (TPSA) is 21.3 Å². The van der Waals surface area contributed by atoms with Gasteiger partial charge in [-0.2, -0.15) is 0 Å². The Bertz CT molecular complexity index is 290. The van der Waals surface area contributed by atoms with Crippen LogP contribution >= 0.6 is 11.6 Å². The quantitative estimate of drug-likeness (QED) is 0.569. The molecule has 3 heteroatoms. The van der Waals surface area contributed by atoms with E-state index in [1.807, 2.05) is 30.3 Å². The average molecular weight is 256 g/mol. The van der Waals surface area contributed by atoms with Crippen molar-refractivity contribution in [3.8, 4) is 5.75 Å².